The van der Waals surface area contributed by atoms with E-state index >= 15 is 0 Å². The van der Waals surface area contributed by atoms with E-state index in [-0.39, 0.29) is 23.5 Å². The maximum atomic E-state index is 13.1. The van der Waals surface area contributed by atoms with Crippen LogP contribution >= 0.6 is 0 Å². The smallest absolute Gasteiger partial charge is 0.253 e. The fourth-order valence-electron chi connectivity index (χ4n) is 3.78. The summed E-state index contributed by atoms with van der Waals surface area (Å²) < 4.78 is 18.5. The normalized spacial score (nSPS) is 14.6. The topological polar surface area (TPSA) is 49.9 Å². The molecule has 0 radical (unpaired) electrons. The van der Waals surface area contributed by atoms with E-state index in [4.69, 9.17) is 4.74 Å². The molecule has 6 heteroatoms. The fourth-order valence-corrected chi connectivity index (χ4v) is 3.78. The van der Waals surface area contributed by atoms with E-state index in [1.165, 1.54) is 24.3 Å². The fraction of sp³-hybridized carbons (Fsp3) is 0.391. The van der Waals surface area contributed by atoms with Gasteiger partial charge < -0.3 is 14.5 Å². The summed E-state index contributed by atoms with van der Waals surface area (Å²) >= 11 is 0. The van der Waals surface area contributed by atoms with Crippen LogP contribution in [0.15, 0.2) is 42.5 Å². The maximum absolute atomic E-state index is 13.1. The molecule has 0 N–H and O–H groups in total. The highest BCUT2D eigenvalue weighted by molar-refractivity contribution is 5.94. The Morgan fingerprint density at radius 3 is 2.41 bits per heavy atom. The molecule has 0 saturated carbocycles. The second-order valence-electron chi connectivity index (χ2n) is 7.58. The zero-order valence-corrected chi connectivity index (χ0v) is 17.2. The van der Waals surface area contributed by atoms with E-state index < -0.39 is 0 Å². The van der Waals surface area contributed by atoms with Gasteiger partial charge in [-0.2, -0.15) is 0 Å². The molecule has 2 aromatic rings. The largest absolute Gasteiger partial charge is 0.496 e. The molecule has 0 unspecified atom stereocenters. The van der Waals surface area contributed by atoms with Crippen LogP contribution in [-0.2, 0) is 11.3 Å². The molecule has 2 aromatic carbocycles. The van der Waals surface area contributed by atoms with Crippen LogP contribution in [0.5, 0.6) is 5.75 Å². The summed E-state index contributed by atoms with van der Waals surface area (Å²) in [6.07, 6.45) is 1.25. The zero-order valence-electron chi connectivity index (χ0n) is 17.2. The van der Waals surface area contributed by atoms with Crippen LogP contribution < -0.4 is 4.74 Å². The first-order valence-corrected chi connectivity index (χ1v) is 9.82. The van der Waals surface area contributed by atoms with E-state index in [9.17, 15) is 14.0 Å². The molecular weight excluding hydrogens is 371 g/mol. The maximum Gasteiger partial charge on any atom is 0.253 e. The van der Waals surface area contributed by atoms with Gasteiger partial charge in [-0.25, -0.2) is 4.39 Å². The molecule has 0 atom stereocenters. The molecule has 29 heavy (non-hydrogen) atoms. The van der Waals surface area contributed by atoms with Crippen molar-refractivity contribution >= 4 is 11.8 Å². The Kier molecular flexibility index (Phi) is 6.52. The number of halogens is 1. The van der Waals surface area contributed by atoms with Gasteiger partial charge in [-0.15, -0.1) is 0 Å². The van der Waals surface area contributed by atoms with Crippen LogP contribution in [0.25, 0.3) is 0 Å². The minimum Gasteiger partial charge on any atom is -0.496 e. The van der Waals surface area contributed by atoms with Crippen LogP contribution in [0.1, 0.15) is 34.3 Å². The van der Waals surface area contributed by atoms with Crippen molar-refractivity contribution in [3.05, 3.63) is 65.0 Å². The Labute approximate surface area is 171 Å². The molecule has 1 aliphatic heterocycles. The molecular formula is C23H27FN2O3. The lowest BCUT2D eigenvalue weighted by Gasteiger charge is -2.33. The molecule has 3 rings (SSSR count). The number of aryl methyl sites for hydroxylation is 1. The molecule has 0 bridgehead atoms. The van der Waals surface area contributed by atoms with Crippen molar-refractivity contribution in [1.82, 2.24) is 9.80 Å². The number of carbonyl (C=O) groups is 2. The standard InChI is InChI=1S/C23H27FN2O3/c1-16-4-9-21(29-3)19(14-16)15-25(2)22(27)18-10-12-26(13-11-18)23(28)17-5-7-20(24)8-6-17/h4-9,14,18H,10-13,15H2,1-3H3. The monoisotopic (exact) mass is 398 g/mol. The second kappa shape index (κ2) is 9.07. The van der Waals surface area contributed by atoms with E-state index in [1.807, 2.05) is 25.1 Å². The lowest BCUT2D eigenvalue weighted by molar-refractivity contribution is -0.136. The van der Waals surface area contributed by atoms with Gasteiger partial charge in [0, 0.05) is 43.7 Å². The number of hydrogen-bond acceptors (Lipinski definition) is 3. The molecule has 0 aliphatic carbocycles. The average molecular weight is 398 g/mol. The van der Waals surface area contributed by atoms with E-state index in [0.717, 1.165) is 16.9 Å². The number of amides is 2. The number of benzene rings is 2. The third-order valence-corrected chi connectivity index (χ3v) is 5.44. The summed E-state index contributed by atoms with van der Waals surface area (Å²) in [4.78, 5) is 28.9. The molecule has 1 aliphatic rings. The number of ether oxygens (including phenoxy) is 1. The van der Waals surface area contributed by atoms with Crippen molar-refractivity contribution in [3.63, 3.8) is 0 Å². The van der Waals surface area contributed by atoms with Crippen molar-refractivity contribution in [2.24, 2.45) is 5.92 Å². The molecule has 1 saturated heterocycles. The minimum absolute atomic E-state index is 0.0856. The summed E-state index contributed by atoms with van der Waals surface area (Å²) in [5.41, 5.74) is 2.57. The number of hydrogen-bond donors (Lipinski definition) is 0. The summed E-state index contributed by atoms with van der Waals surface area (Å²) in [6, 6.07) is 11.5. The van der Waals surface area contributed by atoms with E-state index in [2.05, 4.69) is 0 Å². The number of piperidine rings is 1. The molecule has 1 heterocycles. The van der Waals surface area contributed by atoms with E-state index in [0.29, 0.717) is 38.0 Å². The second-order valence-corrected chi connectivity index (χ2v) is 7.58. The third-order valence-electron chi connectivity index (χ3n) is 5.44. The van der Waals surface area contributed by atoms with Crippen LogP contribution in [-0.4, -0.2) is 48.9 Å². The Bertz CT molecular complexity index is 874. The van der Waals surface area contributed by atoms with E-state index in [1.54, 1.807) is 24.0 Å². The molecule has 0 spiro atoms. The highest BCUT2D eigenvalue weighted by Crippen LogP contribution is 2.24. The number of rotatable bonds is 5. The van der Waals surface area contributed by atoms with Crippen molar-refractivity contribution in [2.75, 3.05) is 27.2 Å². The van der Waals surface area contributed by atoms with Gasteiger partial charge in [-0.1, -0.05) is 17.7 Å². The number of likely N-dealkylation sites (tertiary alicyclic amines) is 1. The van der Waals surface area contributed by atoms with Crippen molar-refractivity contribution in [3.8, 4) is 5.75 Å². The first-order valence-electron chi connectivity index (χ1n) is 9.82. The number of nitrogens with zero attached hydrogens (tertiary/aromatic N) is 2. The summed E-state index contributed by atoms with van der Waals surface area (Å²) in [5, 5.41) is 0. The van der Waals surface area contributed by atoms with Gasteiger partial charge in [0.15, 0.2) is 0 Å². The minimum atomic E-state index is -0.362. The van der Waals surface area contributed by atoms with Crippen molar-refractivity contribution in [2.45, 2.75) is 26.3 Å². The highest BCUT2D eigenvalue weighted by Gasteiger charge is 2.29. The third kappa shape index (κ3) is 4.94. The lowest BCUT2D eigenvalue weighted by Crippen LogP contribution is -2.43. The summed E-state index contributed by atoms with van der Waals surface area (Å²) in [5.74, 6) is 0.276. The molecule has 2 amide bonds. The molecule has 1 fully saturated rings. The Morgan fingerprint density at radius 1 is 1.14 bits per heavy atom. The van der Waals surface area contributed by atoms with Crippen LogP contribution in [0.2, 0.25) is 0 Å². The number of methoxy groups -OCH3 is 1. The predicted molar refractivity (Wildman–Crippen MR) is 109 cm³/mol. The van der Waals surface area contributed by atoms with Gasteiger partial charge in [-0.05, 0) is 50.1 Å². The summed E-state index contributed by atoms with van der Waals surface area (Å²) in [6.45, 7) is 3.54. The van der Waals surface area contributed by atoms with Crippen molar-refractivity contribution < 1.29 is 18.7 Å². The first kappa shape index (κ1) is 20.8. The van der Waals surface area contributed by atoms with Gasteiger partial charge in [0.05, 0.1) is 7.11 Å². The van der Waals surface area contributed by atoms with Gasteiger partial charge >= 0.3 is 0 Å². The first-order chi connectivity index (χ1) is 13.9. The Morgan fingerprint density at radius 2 is 1.79 bits per heavy atom. The quantitative estimate of drug-likeness (QED) is 0.773. The summed E-state index contributed by atoms with van der Waals surface area (Å²) in [7, 11) is 3.43. The van der Waals surface area contributed by atoms with Gasteiger partial charge in [0.2, 0.25) is 5.91 Å². The van der Waals surface area contributed by atoms with Gasteiger partial charge in [0.1, 0.15) is 11.6 Å². The average Bonchev–Trinajstić information content (AvgIpc) is 2.73. The number of carbonyl (C=O) groups excluding carboxylic acids is 2. The van der Waals surface area contributed by atoms with Crippen LogP contribution in [0, 0.1) is 18.7 Å². The molecule has 5 nitrogen and oxygen atoms in total. The van der Waals surface area contributed by atoms with Gasteiger partial charge in [0.25, 0.3) is 5.91 Å². The lowest BCUT2D eigenvalue weighted by atomic mass is 9.94. The van der Waals surface area contributed by atoms with Gasteiger partial charge in [-0.3, -0.25) is 9.59 Å². The molecule has 0 aromatic heterocycles. The van der Waals surface area contributed by atoms with Crippen molar-refractivity contribution in [1.29, 1.82) is 0 Å². The Hall–Kier alpha value is -2.89. The predicted octanol–water partition coefficient (Wildman–Crippen LogP) is 3.65. The van der Waals surface area contributed by atoms with Crippen LogP contribution in [0.3, 0.4) is 0 Å². The highest BCUT2D eigenvalue weighted by atomic mass is 19.1. The van der Waals surface area contributed by atoms with Crippen LogP contribution in [0.4, 0.5) is 4.39 Å². The zero-order chi connectivity index (χ0) is 21.0. The Balaban J connectivity index is 1.57. The SMILES string of the molecule is COc1ccc(C)cc1CN(C)C(=O)C1CCN(C(=O)c2ccc(F)cc2)CC1. The molecule has 154 valence electrons.